The molecule has 6 nitrogen and oxygen atoms in total. The molecule has 0 aliphatic carbocycles. The third kappa shape index (κ3) is 2.52. The third-order valence-electron chi connectivity index (χ3n) is 3.99. The molecule has 0 atom stereocenters. The molecule has 0 fully saturated rings. The lowest BCUT2D eigenvalue weighted by atomic mass is 10.2. The molecule has 0 radical (unpaired) electrons. The fourth-order valence-corrected chi connectivity index (χ4v) is 3.58. The number of rotatable bonds is 3. The predicted molar refractivity (Wildman–Crippen MR) is 97.6 cm³/mol. The summed E-state index contributed by atoms with van der Waals surface area (Å²) in [7, 11) is 6.04. The first kappa shape index (κ1) is 14.8. The second-order valence-corrected chi connectivity index (χ2v) is 6.84. The summed E-state index contributed by atoms with van der Waals surface area (Å²) in [6.07, 6.45) is 1.84. The molecular formula is C17H17N6S+. The number of thiazole rings is 1. The lowest BCUT2D eigenvalue weighted by Crippen LogP contribution is -2.25. The number of benzene rings is 2. The summed E-state index contributed by atoms with van der Waals surface area (Å²) in [6, 6.07) is 12.2. The molecule has 4 aromatic rings. The highest BCUT2D eigenvalue weighted by molar-refractivity contribution is 7.21. The number of H-pyrrole nitrogens is 1. The maximum atomic E-state index is 4.43. The van der Waals surface area contributed by atoms with Crippen molar-refractivity contribution in [3.05, 3.63) is 42.6 Å². The van der Waals surface area contributed by atoms with Gasteiger partial charge in [0.2, 0.25) is 0 Å². The van der Waals surface area contributed by atoms with Crippen molar-refractivity contribution in [2.24, 2.45) is 17.3 Å². The first-order valence-electron chi connectivity index (χ1n) is 7.56. The van der Waals surface area contributed by atoms with Gasteiger partial charge in [-0.1, -0.05) is 0 Å². The van der Waals surface area contributed by atoms with Crippen LogP contribution < -0.4 is 9.47 Å². The number of hydrogen-bond donors (Lipinski definition) is 1. The molecule has 7 heteroatoms. The van der Waals surface area contributed by atoms with Gasteiger partial charge in [0.15, 0.2) is 0 Å². The minimum atomic E-state index is 0.842. The Morgan fingerprint density at radius 2 is 1.92 bits per heavy atom. The first-order chi connectivity index (χ1) is 11.6. The molecule has 24 heavy (non-hydrogen) atoms. The minimum Gasteiger partial charge on any atom is -0.378 e. The van der Waals surface area contributed by atoms with E-state index in [4.69, 9.17) is 0 Å². The van der Waals surface area contributed by atoms with E-state index in [-0.39, 0.29) is 0 Å². The van der Waals surface area contributed by atoms with Crippen LogP contribution in [0.25, 0.3) is 21.1 Å². The van der Waals surface area contributed by atoms with Crippen molar-refractivity contribution in [2.75, 3.05) is 19.0 Å². The van der Waals surface area contributed by atoms with Crippen LogP contribution in [-0.4, -0.2) is 24.3 Å². The number of aryl methyl sites for hydroxylation is 1. The molecule has 0 unspecified atom stereocenters. The Hall–Kier alpha value is -2.80. The van der Waals surface area contributed by atoms with E-state index in [1.54, 1.807) is 11.3 Å². The van der Waals surface area contributed by atoms with E-state index in [0.29, 0.717) is 0 Å². The number of hydrogen-bond acceptors (Lipinski definition) is 5. The highest BCUT2D eigenvalue weighted by Gasteiger charge is 2.17. The predicted octanol–water partition coefficient (Wildman–Crippen LogP) is 4.08. The molecule has 2 aromatic carbocycles. The number of anilines is 1. The average molecular weight is 337 g/mol. The summed E-state index contributed by atoms with van der Waals surface area (Å²) in [5, 5.41) is 17.8. The highest BCUT2D eigenvalue weighted by Crippen LogP contribution is 2.30. The molecular weight excluding hydrogens is 320 g/mol. The van der Waals surface area contributed by atoms with Gasteiger partial charge in [-0.15, -0.1) is 0 Å². The lowest BCUT2D eigenvalue weighted by Gasteiger charge is -2.11. The van der Waals surface area contributed by atoms with Crippen LogP contribution in [0.2, 0.25) is 0 Å². The van der Waals surface area contributed by atoms with Gasteiger partial charge in [0, 0.05) is 31.2 Å². The average Bonchev–Trinajstić information content (AvgIpc) is 3.16. The molecule has 120 valence electrons. The molecule has 0 saturated carbocycles. The quantitative estimate of drug-likeness (QED) is 0.452. The summed E-state index contributed by atoms with van der Waals surface area (Å²) in [4.78, 5) is 2.06. The Morgan fingerprint density at radius 3 is 2.67 bits per heavy atom. The van der Waals surface area contributed by atoms with Crippen LogP contribution in [0.15, 0.2) is 52.8 Å². The Morgan fingerprint density at radius 1 is 1.12 bits per heavy atom. The SMILES string of the molecule is CN(C)c1ccc(N=Nc2sc3cc4cn[nH]c4cc3[n+]2C)cc1. The van der Waals surface area contributed by atoms with Crippen LogP contribution in [0.5, 0.6) is 0 Å². The van der Waals surface area contributed by atoms with Crippen LogP contribution >= 0.6 is 11.3 Å². The standard InChI is InChI=1S/C17H17N6S/c1-22(2)13-6-4-12(5-7-13)19-21-17-23(3)15-9-14-11(10-18-20-14)8-16(15)24-17/h4-10H,1-3H3,(H,18,20)/q+1. The van der Waals surface area contributed by atoms with Crippen LogP contribution in [0.3, 0.4) is 0 Å². The zero-order valence-corrected chi connectivity index (χ0v) is 14.5. The van der Waals surface area contributed by atoms with Crippen LogP contribution in [0.4, 0.5) is 16.5 Å². The Bertz CT molecular complexity index is 1040. The summed E-state index contributed by atoms with van der Waals surface area (Å²) in [6.45, 7) is 0. The van der Waals surface area contributed by atoms with E-state index in [1.807, 2.05) is 51.6 Å². The summed E-state index contributed by atoms with van der Waals surface area (Å²) >= 11 is 1.62. The number of aromatic amines is 1. The summed E-state index contributed by atoms with van der Waals surface area (Å²) < 4.78 is 3.22. The molecule has 0 aliphatic rings. The van der Waals surface area contributed by atoms with Crippen molar-refractivity contribution < 1.29 is 4.57 Å². The zero-order chi connectivity index (χ0) is 16.7. The van der Waals surface area contributed by atoms with Crippen LogP contribution in [0, 0.1) is 0 Å². The van der Waals surface area contributed by atoms with Gasteiger partial charge in [0.25, 0.3) is 0 Å². The molecule has 0 amide bonds. The smallest absolute Gasteiger partial charge is 0.378 e. The van der Waals surface area contributed by atoms with Gasteiger partial charge in [0.05, 0.1) is 28.6 Å². The molecule has 0 aliphatic heterocycles. The van der Waals surface area contributed by atoms with Gasteiger partial charge in [-0.3, -0.25) is 5.10 Å². The van der Waals surface area contributed by atoms with E-state index in [1.165, 1.54) is 4.70 Å². The van der Waals surface area contributed by atoms with Crippen molar-refractivity contribution in [1.29, 1.82) is 0 Å². The Kier molecular flexibility index (Phi) is 3.50. The first-order valence-corrected chi connectivity index (χ1v) is 8.38. The largest absolute Gasteiger partial charge is 0.409 e. The van der Waals surface area contributed by atoms with Gasteiger partial charge in [-0.25, -0.2) is 4.57 Å². The number of nitrogens with one attached hydrogen (secondary N) is 1. The van der Waals surface area contributed by atoms with Crippen molar-refractivity contribution in [3.8, 4) is 0 Å². The normalized spacial score (nSPS) is 11.8. The number of aromatic nitrogens is 3. The Labute approximate surface area is 143 Å². The van der Waals surface area contributed by atoms with Crippen molar-refractivity contribution in [2.45, 2.75) is 0 Å². The Balaban J connectivity index is 1.69. The van der Waals surface area contributed by atoms with Gasteiger partial charge in [-0.05, 0) is 46.8 Å². The van der Waals surface area contributed by atoms with E-state index >= 15 is 0 Å². The van der Waals surface area contributed by atoms with E-state index in [9.17, 15) is 0 Å². The van der Waals surface area contributed by atoms with E-state index in [0.717, 1.165) is 32.9 Å². The number of azo groups is 1. The molecule has 0 saturated heterocycles. The molecule has 0 spiro atoms. The van der Waals surface area contributed by atoms with Gasteiger partial charge in [0.1, 0.15) is 11.2 Å². The highest BCUT2D eigenvalue weighted by atomic mass is 32.1. The molecule has 2 heterocycles. The van der Waals surface area contributed by atoms with Crippen LogP contribution in [-0.2, 0) is 7.05 Å². The van der Waals surface area contributed by atoms with Crippen molar-refractivity contribution >= 4 is 49.0 Å². The number of fused-ring (bicyclic) bond motifs is 2. The summed E-state index contributed by atoms with van der Waals surface area (Å²) in [5.41, 5.74) is 4.13. The third-order valence-corrected chi connectivity index (χ3v) is 5.07. The molecule has 1 N–H and O–H groups in total. The minimum absolute atomic E-state index is 0.842. The molecule has 4 rings (SSSR count). The maximum Gasteiger partial charge on any atom is 0.409 e. The van der Waals surface area contributed by atoms with E-state index < -0.39 is 0 Å². The second kappa shape index (κ2) is 5.68. The van der Waals surface area contributed by atoms with Crippen LogP contribution in [0.1, 0.15) is 0 Å². The maximum absolute atomic E-state index is 4.43. The fourth-order valence-electron chi connectivity index (χ4n) is 2.58. The molecule has 2 aromatic heterocycles. The van der Waals surface area contributed by atoms with Crippen molar-refractivity contribution in [1.82, 2.24) is 10.2 Å². The van der Waals surface area contributed by atoms with Gasteiger partial charge >= 0.3 is 5.13 Å². The van der Waals surface area contributed by atoms with Crippen molar-refractivity contribution in [3.63, 3.8) is 0 Å². The zero-order valence-electron chi connectivity index (χ0n) is 13.7. The van der Waals surface area contributed by atoms with E-state index in [2.05, 4.69) is 42.0 Å². The fraction of sp³-hybridized carbons (Fsp3) is 0.176. The number of nitrogens with zero attached hydrogens (tertiary/aromatic N) is 5. The lowest BCUT2D eigenvalue weighted by molar-refractivity contribution is -0.627. The second-order valence-electron chi connectivity index (χ2n) is 5.83. The summed E-state index contributed by atoms with van der Waals surface area (Å²) in [5.74, 6) is 0. The van der Waals surface area contributed by atoms with Gasteiger partial charge in [-0.2, -0.15) is 5.10 Å². The molecule has 0 bridgehead atoms. The topological polar surface area (TPSA) is 60.5 Å². The van der Waals surface area contributed by atoms with Gasteiger partial charge < -0.3 is 4.90 Å². The monoisotopic (exact) mass is 337 g/mol.